The molecule has 0 aromatic heterocycles. The average Bonchev–Trinajstić information content (AvgIpc) is 0. The maximum atomic E-state index is 0. The molecule has 0 aromatic carbocycles. The Labute approximate surface area is 77.6 Å². The van der Waals surface area contributed by atoms with Gasteiger partial charge in [0.05, 0.1) is 0 Å². The fourth-order valence-electron chi connectivity index (χ4n) is 0. The van der Waals surface area contributed by atoms with E-state index in [0.717, 1.165) is 0 Å². The van der Waals surface area contributed by atoms with Crippen molar-refractivity contribution in [3.63, 3.8) is 0 Å². The van der Waals surface area contributed by atoms with Crippen molar-refractivity contribution in [2.75, 3.05) is 0 Å². The van der Waals surface area contributed by atoms with Crippen molar-refractivity contribution in [1.82, 2.24) is 0 Å². The van der Waals surface area contributed by atoms with Crippen molar-refractivity contribution in [3.8, 4) is 0 Å². The van der Waals surface area contributed by atoms with Crippen LogP contribution in [0.15, 0.2) is 0 Å². The molecule has 0 N–H and O–H groups in total. The summed E-state index contributed by atoms with van der Waals surface area (Å²) in [6.07, 6.45) is 0. The summed E-state index contributed by atoms with van der Waals surface area (Å²) in [5, 5.41) is 0. The predicted octanol–water partition coefficient (Wildman–Crippen LogP) is -2.11. The standard InChI is InChI=1S/Al.Mg.Ni.Ti.5H. The maximum absolute atomic E-state index is 0. The van der Waals surface area contributed by atoms with Crippen LogP contribution in [0, 0.1) is 0 Å². The molecule has 0 heterocycles. The second kappa shape index (κ2) is 17.8. The zero-order valence-electron chi connectivity index (χ0n) is 0.816. The first kappa shape index (κ1) is 31.4. The molecule has 0 spiro atoms. The van der Waals surface area contributed by atoms with Gasteiger partial charge in [0.2, 0.25) is 0 Å². The Morgan fingerprint density at radius 3 is 1.00 bits per heavy atom. The van der Waals surface area contributed by atoms with Gasteiger partial charge in [-0.15, -0.1) is 0 Å². The topological polar surface area (TPSA) is 0 Å². The van der Waals surface area contributed by atoms with E-state index >= 15 is 0 Å². The van der Waals surface area contributed by atoms with Crippen molar-refractivity contribution in [2.24, 2.45) is 0 Å². The quantitative estimate of drug-likeness (QED) is 0.358. The molecule has 0 amide bonds. The number of rotatable bonds is 0. The van der Waals surface area contributed by atoms with Gasteiger partial charge in [-0.2, -0.15) is 0 Å². The summed E-state index contributed by atoms with van der Waals surface area (Å²) in [7, 11) is 0. The number of hydrogen-bond acceptors (Lipinski definition) is 0. The monoisotopic (exact) mass is 162 g/mol. The minimum absolute atomic E-state index is 0. The summed E-state index contributed by atoms with van der Waals surface area (Å²) >= 11 is 0. The minimum Gasteiger partial charge on any atom is 0 e. The van der Waals surface area contributed by atoms with Crippen LogP contribution in [0.25, 0.3) is 0 Å². The second-order valence-electron chi connectivity index (χ2n) is 0. The van der Waals surface area contributed by atoms with Crippen LogP contribution in [-0.2, 0) is 38.2 Å². The summed E-state index contributed by atoms with van der Waals surface area (Å²) in [5.41, 5.74) is 0. The van der Waals surface area contributed by atoms with Gasteiger partial charge in [0.1, 0.15) is 0 Å². The van der Waals surface area contributed by atoms with Crippen molar-refractivity contribution in [2.45, 2.75) is 0 Å². The normalized spacial score (nSPS) is 0. The molecule has 0 fully saturated rings. The van der Waals surface area contributed by atoms with Crippen LogP contribution in [0.2, 0.25) is 0 Å². The molecule has 0 aliphatic heterocycles. The van der Waals surface area contributed by atoms with E-state index in [4.69, 9.17) is 0 Å². The summed E-state index contributed by atoms with van der Waals surface area (Å²) in [6, 6.07) is 0. The molecule has 0 aromatic rings. The van der Waals surface area contributed by atoms with Gasteiger partial charge in [0.15, 0.2) is 17.4 Å². The van der Waals surface area contributed by atoms with Crippen molar-refractivity contribution >= 4 is 40.4 Å². The molecule has 0 atom stereocenters. The van der Waals surface area contributed by atoms with Crippen LogP contribution in [0.3, 0.4) is 0 Å². The number of hydrogen-bond donors (Lipinski definition) is 0. The second-order valence-corrected chi connectivity index (χ2v) is 0. The van der Waals surface area contributed by atoms with E-state index in [1.807, 2.05) is 0 Å². The molecule has 0 saturated heterocycles. The van der Waals surface area contributed by atoms with E-state index in [-0.39, 0.29) is 78.6 Å². The summed E-state index contributed by atoms with van der Waals surface area (Å²) in [4.78, 5) is 0. The van der Waals surface area contributed by atoms with E-state index in [9.17, 15) is 0 Å². The molecular weight excluding hydrogens is 158 g/mol. The van der Waals surface area contributed by atoms with Gasteiger partial charge in [0.25, 0.3) is 0 Å². The van der Waals surface area contributed by atoms with E-state index in [1.165, 1.54) is 0 Å². The summed E-state index contributed by atoms with van der Waals surface area (Å²) < 4.78 is 0. The third kappa shape index (κ3) is 8.82. The third-order valence-corrected chi connectivity index (χ3v) is 0. The molecule has 24 valence electrons. The fourth-order valence-corrected chi connectivity index (χ4v) is 0. The van der Waals surface area contributed by atoms with Crippen LogP contribution in [0.5, 0.6) is 0 Å². The van der Waals surface area contributed by atoms with E-state index in [1.54, 1.807) is 0 Å². The Balaban J connectivity index is 0. The van der Waals surface area contributed by atoms with Gasteiger partial charge in [-0.25, -0.2) is 0 Å². The van der Waals surface area contributed by atoms with Crippen molar-refractivity contribution in [3.05, 3.63) is 0 Å². The molecule has 0 radical (unpaired) electrons. The maximum Gasteiger partial charge on any atom is 0.316 e. The zero-order valence-corrected chi connectivity index (χ0v) is 3.37. The molecule has 0 nitrogen and oxygen atoms in total. The molecule has 4 heavy (non-hydrogen) atoms. The van der Waals surface area contributed by atoms with Crippen LogP contribution in [0.4, 0.5) is 0 Å². The van der Waals surface area contributed by atoms with Crippen molar-refractivity contribution in [1.29, 1.82) is 0 Å². The van der Waals surface area contributed by atoms with Gasteiger partial charge in [-0.05, 0) is 0 Å². The van der Waals surface area contributed by atoms with Crippen LogP contribution >= 0.6 is 0 Å². The van der Waals surface area contributed by atoms with E-state index in [2.05, 4.69) is 0 Å². The van der Waals surface area contributed by atoms with Crippen LogP contribution in [0.1, 0.15) is 0 Å². The molecule has 0 aliphatic carbocycles. The average molecular weight is 163 g/mol. The van der Waals surface area contributed by atoms with Gasteiger partial charge >= 0.3 is 23.1 Å². The van der Waals surface area contributed by atoms with Gasteiger partial charge < -0.3 is 0 Å². The Hall–Kier alpha value is 2.51. The van der Waals surface area contributed by atoms with Crippen LogP contribution in [-0.4, -0.2) is 40.4 Å². The Morgan fingerprint density at radius 1 is 1.00 bits per heavy atom. The molecule has 0 aliphatic rings. The van der Waals surface area contributed by atoms with Gasteiger partial charge in [0, 0.05) is 38.2 Å². The van der Waals surface area contributed by atoms with E-state index < -0.39 is 0 Å². The Kier molecular flexibility index (Phi) is 140. The Morgan fingerprint density at radius 2 is 1.00 bits per heavy atom. The predicted molar refractivity (Wildman–Crippen MR) is 18.5 cm³/mol. The first-order valence-electron chi connectivity index (χ1n) is 0. The molecule has 0 bridgehead atoms. The van der Waals surface area contributed by atoms with E-state index in [0.29, 0.717) is 0 Å². The Bertz CT molecular complexity index is 8.00. The van der Waals surface area contributed by atoms with Gasteiger partial charge in [-0.3, -0.25) is 0 Å². The summed E-state index contributed by atoms with van der Waals surface area (Å²) in [6.45, 7) is 0. The molecular formula is H5AlMgNiTi. The van der Waals surface area contributed by atoms with Gasteiger partial charge in [-0.1, -0.05) is 0 Å². The van der Waals surface area contributed by atoms with Crippen LogP contribution < -0.4 is 0 Å². The minimum atomic E-state index is 0. The molecule has 0 saturated carbocycles. The molecule has 0 unspecified atom stereocenters. The largest absolute Gasteiger partial charge is 0.316 e. The fraction of sp³-hybridized carbons (Fsp3) is 0. The first-order chi connectivity index (χ1) is 0. The smallest absolute Gasteiger partial charge is 0 e. The third-order valence-electron chi connectivity index (χ3n) is 0. The SMILES string of the molecule is [AlH3].[MgH2].[Ni].[Ti]. The molecule has 0 rings (SSSR count). The zero-order chi connectivity index (χ0) is 0. The first-order valence-corrected chi connectivity index (χ1v) is 0. The molecule has 4 heteroatoms. The van der Waals surface area contributed by atoms with Crippen molar-refractivity contribution < 1.29 is 38.2 Å². The summed E-state index contributed by atoms with van der Waals surface area (Å²) in [5.74, 6) is 0.